The van der Waals surface area contributed by atoms with E-state index < -0.39 is 18.1 Å². The first-order valence-electron chi connectivity index (χ1n) is 6.70. The highest BCUT2D eigenvalue weighted by atomic mass is 16.6. The van der Waals surface area contributed by atoms with Crippen LogP contribution in [0, 0.1) is 5.92 Å². The molecule has 1 aliphatic rings. The van der Waals surface area contributed by atoms with Crippen molar-refractivity contribution in [2.24, 2.45) is 5.92 Å². The molecule has 1 saturated heterocycles. The van der Waals surface area contributed by atoms with Crippen LogP contribution < -0.4 is 0 Å². The van der Waals surface area contributed by atoms with Gasteiger partial charge in [0, 0.05) is 0 Å². The maximum Gasteiger partial charge on any atom is 0.416 e. The molecule has 1 rings (SSSR count). The van der Waals surface area contributed by atoms with Crippen molar-refractivity contribution in [2.45, 2.75) is 58.6 Å². The van der Waals surface area contributed by atoms with Crippen molar-refractivity contribution in [1.29, 1.82) is 0 Å². The zero-order chi connectivity index (χ0) is 13.7. The number of aliphatic hydroxyl groups excluding tert-OH is 1. The molecular weight excluding hydrogens is 234 g/mol. The van der Waals surface area contributed by atoms with E-state index in [1.165, 1.54) is 4.90 Å². The van der Waals surface area contributed by atoms with E-state index in [0.717, 1.165) is 19.3 Å². The third-order valence-electron chi connectivity index (χ3n) is 3.37. The third-order valence-corrected chi connectivity index (χ3v) is 3.37. The van der Waals surface area contributed by atoms with Gasteiger partial charge in [-0.25, -0.2) is 9.69 Å². The fraction of sp³-hybridized carbons (Fsp3) is 0.846. The summed E-state index contributed by atoms with van der Waals surface area (Å²) in [5, 5.41) is 9.85. The lowest BCUT2D eigenvalue weighted by molar-refractivity contribution is -0.136. The van der Waals surface area contributed by atoms with Crippen molar-refractivity contribution in [3.05, 3.63) is 0 Å². The molecule has 0 aromatic heterocycles. The van der Waals surface area contributed by atoms with E-state index in [4.69, 9.17) is 4.74 Å². The van der Waals surface area contributed by atoms with E-state index in [-0.39, 0.29) is 18.6 Å². The van der Waals surface area contributed by atoms with Crippen LogP contribution in [-0.4, -0.2) is 40.8 Å². The summed E-state index contributed by atoms with van der Waals surface area (Å²) in [4.78, 5) is 25.0. The highest BCUT2D eigenvalue weighted by Gasteiger charge is 2.40. The second-order valence-corrected chi connectivity index (χ2v) is 4.87. The molecule has 0 saturated carbocycles. The van der Waals surface area contributed by atoms with Gasteiger partial charge in [-0.05, 0) is 12.8 Å². The minimum Gasteiger partial charge on any atom is -0.447 e. The lowest BCUT2D eigenvalue weighted by atomic mass is 9.98. The summed E-state index contributed by atoms with van der Waals surface area (Å²) < 4.78 is 4.93. The van der Waals surface area contributed by atoms with E-state index in [1.807, 2.05) is 13.8 Å². The van der Waals surface area contributed by atoms with Gasteiger partial charge in [-0.2, -0.15) is 0 Å². The molecule has 0 aliphatic carbocycles. The minimum atomic E-state index is -0.696. The number of nitrogens with zero attached hydrogens (tertiary/aromatic N) is 1. The zero-order valence-electron chi connectivity index (χ0n) is 11.4. The quantitative estimate of drug-likeness (QED) is 0.789. The second kappa shape index (κ2) is 6.73. The van der Waals surface area contributed by atoms with Crippen LogP contribution >= 0.6 is 0 Å². The maximum absolute atomic E-state index is 12.2. The predicted octanol–water partition coefficient (Wildman–Crippen LogP) is 1.93. The monoisotopic (exact) mass is 257 g/mol. The first-order valence-corrected chi connectivity index (χ1v) is 6.70. The Bertz CT molecular complexity index is 305. The van der Waals surface area contributed by atoms with Gasteiger partial charge in [0.15, 0.2) is 0 Å². The highest BCUT2D eigenvalue weighted by molar-refractivity contribution is 5.94. The fourth-order valence-electron chi connectivity index (χ4n) is 2.21. The number of amides is 2. The normalized spacial score (nSPS) is 22.8. The molecule has 0 aromatic rings. The average molecular weight is 257 g/mol. The van der Waals surface area contributed by atoms with Gasteiger partial charge in [0.05, 0.1) is 18.1 Å². The standard InChI is InChI=1S/C13H23NO4/c1-4-6-10-8-18-13(17)14(10)12(16)9(3)11(15)7-5-2/h9-11,15H,4-8H2,1-3H3/t9-,10+,11-/m1/s1. The Labute approximate surface area is 108 Å². The molecule has 1 heterocycles. The number of ether oxygens (including phenoxy) is 1. The van der Waals surface area contributed by atoms with Crippen molar-refractivity contribution in [2.75, 3.05) is 6.61 Å². The Hall–Kier alpha value is -1.10. The molecule has 18 heavy (non-hydrogen) atoms. The van der Waals surface area contributed by atoms with Crippen LogP contribution in [0.5, 0.6) is 0 Å². The molecule has 0 bridgehead atoms. The van der Waals surface area contributed by atoms with E-state index in [9.17, 15) is 14.7 Å². The molecule has 0 aromatic carbocycles. The van der Waals surface area contributed by atoms with Gasteiger partial charge < -0.3 is 9.84 Å². The molecule has 2 amide bonds. The fourth-order valence-corrected chi connectivity index (χ4v) is 2.21. The molecule has 1 fully saturated rings. The van der Waals surface area contributed by atoms with E-state index >= 15 is 0 Å². The average Bonchev–Trinajstić information content (AvgIpc) is 2.69. The second-order valence-electron chi connectivity index (χ2n) is 4.87. The van der Waals surface area contributed by atoms with Gasteiger partial charge >= 0.3 is 6.09 Å². The Kier molecular flexibility index (Phi) is 5.59. The SMILES string of the molecule is CCC[C@H]1COC(=O)N1C(=O)[C@H](C)[C@H](O)CCC. The van der Waals surface area contributed by atoms with E-state index in [0.29, 0.717) is 6.42 Å². The first-order chi connectivity index (χ1) is 8.52. The number of hydrogen-bond acceptors (Lipinski definition) is 4. The molecule has 104 valence electrons. The molecular formula is C13H23NO4. The van der Waals surface area contributed by atoms with Crippen molar-refractivity contribution in [3.63, 3.8) is 0 Å². The van der Waals surface area contributed by atoms with Gasteiger partial charge in [0.25, 0.3) is 0 Å². The van der Waals surface area contributed by atoms with E-state index in [1.54, 1.807) is 6.92 Å². The number of carbonyl (C=O) groups is 2. The molecule has 0 radical (unpaired) electrons. The van der Waals surface area contributed by atoms with Crippen LogP contribution in [-0.2, 0) is 9.53 Å². The highest BCUT2D eigenvalue weighted by Crippen LogP contribution is 2.22. The Morgan fingerprint density at radius 3 is 2.72 bits per heavy atom. The lowest BCUT2D eigenvalue weighted by Crippen LogP contribution is -2.44. The van der Waals surface area contributed by atoms with Crippen LogP contribution in [0.1, 0.15) is 46.5 Å². The third kappa shape index (κ3) is 3.22. The van der Waals surface area contributed by atoms with Crippen molar-refractivity contribution >= 4 is 12.0 Å². The summed E-state index contributed by atoms with van der Waals surface area (Å²) >= 11 is 0. The topological polar surface area (TPSA) is 66.8 Å². The summed E-state index contributed by atoms with van der Waals surface area (Å²) in [6.07, 6.45) is 1.73. The van der Waals surface area contributed by atoms with Gasteiger partial charge in [0.1, 0.15) is 6.61 Å². The van der Waals surface area contributed by atoms with Crippen LogP contribution in [0.3, 0.4) is 0 Å². The van der Waals surface area contributed by atoms with Crippen molar-refractivity contribution < 1.29 is 19.4 Å². The Balaban J connectivity index is 2.71. The number of rotatable bonds is 6. The largest absolute Gasteiger partial charge is 0.447 e. The Morgan fingerprint density at radius 1 is 1.50 bits per heavy atom. The lowest BCUT2D eigenvalue weighted by Gasteiger charge is -2.25. The Morgan fingerprint density at radius 2 is 2.17 bits per heavy atom. The molecule has 3 atom stereocenters. The number of carbonyl (C=O) groups excluding carboxylic acids is 2. The molecule has 1 N–H and O–H groups in total. The summed E-state index contributed by atoms with van der Waals surface area (Å²) in [5.41, 5.74) is 0. The smallest absolute Gasteiger partial charge is 0.416 e. The summed E-state index contributed by atoms with van der Waals surface area (Å²) in [5.74, 6) is -0.883. The van der Waals surface area contributed by atoms with Gasteiger partial charge in [-0.3, -0.25) is 4.79 Å². The number of hydrogen-bond donors (Lipinski definition) is 1. The van der Waals surface area contributed by atoms with Crippen LogP contribution in [0.15, 0.2) is 0 Å². The summed E-state index contributed by atoms with van der Waals surface area (Å²) in [6.45, 7) is 5.89. The molecule has 5 nitrogen and oxygen atoms in total. The van der Waals surface area contributed by atoms with Gasteiger partial charge in [0.2, 0.25) is 5.91 Å². The van der Waals surface area contributed by atoms with Gasteiger partial charge in [-0.15, -0.1) is 0 Å². The molecule has 5 heteroatoms. The summed E-state index contributed by atoms with van der Waals surface area (Å²) in [6, 6.07) is -0.175. The number of cyclic esters (lactones) is 1. The maximum atomic E-state index is 12.2. The minimum absolute atomic E-state index is 0.175. The number of aliphatic hydroxyl groups is 1. The van der Waals surface area contributed by atoms with Crippen LogP contribution in [0.4, 0.5) is 4.79 Å². The zero-order valence-corrected chi connectivity index (χ0v) is 11.4. The van der Waals surface area contributed by atoms with Crippen molar-refractivity contribution in [3.8, 4) is 0 Å². The number of imide groups is 1. The predicted molar refractivity (Wildman–Crippen MR) is 67.0 cm³/mol. The van der Waals surface area contributed by atoms with E-state index in [2.05, 4.69) is 0 Å². The molecule has 0 unspecified atom stereocenters. The van der Waals surface area contributed by atoms with Crippen LogP contribution in [0.2, 0.25) is 0 Å². The van der Waals surface area contributed by atoms with Crippen molar-refractivity contribution in [1.82, 2.24) is 4.90 Å². The van der Waals surface area contributed by atoms with Crippen LogP contribution in [0.25, 0.3) is 0 Å². The summed E-state index contributed by atoms with van der Waals surface area (Å²) in [7, 11) is 0. The molecule has 0 spiro atoms. The van der Waals surface area contributed by atoms with Gasteiger partial charge in [-0.1, -0.05) is 33.6 Å². The molecule has 1 aliphatic heterocycles. The first kappa shape index (κ1) is 15.0.